The maximum Gasteiger partial charge on any atom is 0.311 e. The molecule has 0 aromatic heterocycles. The summed E-state index contributed by atoms with van der Waals surface area (Å²) in [4.78, 5) is 37.6. The highest BCUT2D eigenvalue weighted by molar-refractivity contribution is 5.90. The van der Waals surface area contributed by atoms with Crippen LogP contribution < -0.4 is 5.32 Å². The average Bonchev–Trinajstić information content (AvgIpc) is 2.82. The van der Waals surface area contributed by atoms with Crippen molar-refractivity contribution in [3.05, 3.63) is 0 Å². The van der Waals surface area contributed by atoms with Gasteiger partial charge in [-0.1, -0.05) is 34.6 Å². The Hall–Kier alpha value is -1.59. The van der Waals surface area contributed by atoms with Crippen LogP contribution in [0.3, 0.4) is 0 Å². The van der Waals surface area contributed by atoms with Gasteiger partial charge in [-0.25, -0.2) is 0 Å². The van der Waals surface area contributed by atoms with Crippen molar-refractivity contribution in [3.8, 4) is 0 Å². The van der Waals surface area contributed by atoms with Crippen LogP contribution in [-0.2, 0) is 14.4 Å². The zero-order chi connectivity index (χ0) is 17.3. The molecule has 0 aromatic carbocycles. The number of carboxylic acid groups (broad SMARTS) is 1. The largest absolute Gasteiger partial charge is 0.481 e. The Bertz CT molecular complexity index is 467. The van der Waals surface area contributed by atoms with E-state index < -0.39 is 22.8 Å². The quantitative estimate of drug-likeness (QED) is 0.823. The molecule has 2 unspecified atom stereocenters. The highest BCUT2D eigenvalue weighted by Crippen LogP contribution is 2.38. The third kappa shape index (κ3) is 3.59. The van der Waals surface area contributed by atoms with Crippen LogP contribution in [0.2, 0.25) is 0 Å². The van der Waals surface area contributed by atoms with Crippen molar-refractivity contribution in [1.82, 2.24) is 10.2 Å². The molecule has 126 valence electrons. The van der Waals surface area contributed by atoms with Crippen LogP contribution in [0, 0.1) is 16.7 Å². The standard InChI is InChI=1S/C16H28N2O4/c1-10(2)16(14(21)22)7-8-18(9-16)12(19)11(3)17-13(20)15(4,5)6/h10-11H,7-9H2,1-6H3,(H,17,20)(H,21,22). The van der Waals surface area contributed by atoms with Gasteiger partial charge in [0.1, 0.15) is 6.04 Å². The molecule has 1 aliphatic heterocycles. The van der Waals surface area contributed by atoms with Crippen molar-refractivity contribution in [2.75, 3.05) is 13.1 Å². The highest BCUT2D eigenvalue weighted by atomic mass is 16.4. The molecule has 1 saturated heterocycles. The van der Waals surface area contributed by atoms with Gasteiger partial charge in [-0.2, -0.15) is 0 Å². The molecule has 6 nitrogen and oxygen atoms in total. The van der Waals surface area contributed by atoms with Gasteiger partial charge in [-0.15, -0.1) is 0 Å². The first-order valence-corrected chi connectivity index (χ1v) is 7.75. The van der Waals surface area contributed by atoms with Gasteiger partial charge in [0.05, 0.1) is 5.41 Å². The van der Waals surface area contributed by atoms with Gasteiger partial charge >= 0.3 is 5.97 Å². The number of carbonyl (C=O) groups is 3. The summed E-state index contributed by atoms with van der Waals surface area (Å²) >= 11 is 0. The van der Waals surface area contributed by atoms with Gasteiger partial charge in [0, 0.05) is 18.5 Å². The molecular formula is C16H28N2O4. The lowest BCUT2D eigenvalue weighted by atomic mass is 9.76. The minimum atomic E-state index is -0.885. The van der Waals surface area contributed by atoms with Crippen molar-refractivity contribution < 1.29 is 19.5 Å². The fourth-order valence-corrected chi connectivity index (χ4v) is 2.66. The van der Waals surface area contributed by atoms with E-state index in [9.17, 15) is 19.5 Å². The highest BCUT2D eigenvalue weighted by Gasteiger charge is 2.49. The van der Waals surface area contributed by atoms with Crippen LogP contribution in [0.15, 0.2) is 0 Å². The van der Waals surface area contributed by atoms with Crippen molar-refractivity contribution in [1.29, 1.82) is 0 Å². The first kappa shape index (κ1) is 18.5. The van der Waals surface area contributed by atoms with E-state index in [1.54, 1.807) is 32.6 Å². The Kier molecular flexibility index (Phi) is 5.25. The Labute approximate surface area is 132 Å². The van der Waals surface area contributed by atoms with Gasteiger partial charge < -0.3 is 15.3 Å². The van der Waals surface area contributed by atoms with Crippen LogP contribution in [0.25, 0.3) is 0 Å². The summed E-state index contributed by atoms with van der Waals surface area (Å²) in [6, 6.07) is -0.650. The minimum Gasteiger partial charge on any atom is -0.481 e. The van der Waals surface area contributed by atoms with E-state index in [0.29, 0.717) is 13.0 Å². The maximum atomic E-state index is 12.5. The van der Waals surface area contributed by atoms with E-state index in [1.165, 1.54) is 0 Å². The lowest BCUT2D eigenvalue weighted by Gasteiger charge is -2.30. The summed E-state index contributed by atoms with van der Waals surface area (Å²) in [5.74, 6) is -1.33. The monoisotopic (exact) mass is 312 g/mol. The number of carbonyl (C=O) groups excluding carboxylic acids is 2. The van der Waals surface area contributed by atoms with Gasteiger partial charge in [0.15, 0.2) is 0 Å². The average molecular weight is 312 g/mol. The fraction of sp³-hybridized carbons (Fsp3) is 0.812. The van der Waals surface area contributed by atoms with Crippen LogP contribution in [0.5, 0.6) is 0 Å². The number of rotatable bonds is 4. The van der Waals surface area contributed by atoms with Crippen molar-refractivity contribution in [3.63, 3.8) is 0 Å². The summed E-state index contributed by atoms with van der Waals surface area (Å²) in [6.45, 7) is 11.3. The van der Waals surface area contributed by atoms with E-state index in [4.69, 9.17) is 0 Å². The van der Waals surface area contributed by atoms with E-state index in [0.717, 1.165) is 0 Å². The third-order valence-corrected chi connectivity index (χ3v) is 4.54. The van der Waals surface area contributed by atoms with Gasteiger partial charge in [-0.05, 0) is 19.3 Å². The summed E-state index contributed by atoms with van der Waals surface area (Å²) in [5.41, 5.74) is -1.45. The summed E-state index contributed by atoms with van der Waals surface area (Å²) in [6.07, 6.45) is 0.450. The molecule has 2 atom stereocenters. The molecule has 22 heavy (non-hydrogen) atoms. The predicted octanol–water partition coefficient (Wildman–Crippen LogP) is 1.50. The lowest BCUT2D eigenvalue weighted by molar-refractivity contribution is -0.151. The fourth-order valence-electron chi connectivity index (χ4n) is 2.66. The second kappa shape index (κ2) is 6.26. The Balaban J connectivity index is 2.76. The zero-order valence-corrected chi connectivity index (χ0v) is 14.4. The summed E-state index contributed by atoms with van der Waals surface area (Å²) < 4.78 is 0. The third-order valence-electron chi connectivity index (χ3n) is 4.54. The van der Waals surface area contributed by atoms with Crippen molar-refractivity contribution >= 4 is 17.8 Å². The molecule has 6 heteroatoms. The zero-order valence-electron chi connectivity index (χ0n) is 14.4. The molecule has 1 aliphatic rings. The topological polar surface area (TPSA) is 86.7 Å². The van der Waals surface area contributed by atoms with Gasteiger partial charge in [0.25, 0.3) is 0 Å². The van der Waals surface area contributed by atoms with E-state index in [2.05, 4.69) is 5.32 Å². The maximum absolute atomic E-state index is 12.5. The van der Waals surface area contributed by atoms with E-state index in [-0.39, 0.29) is 24.3 Å². The van der Waals surface area contributed by atoms with E-state index >= 15 is 0 Å². The summed E-state index contributed by atoms with van der Waals surface area (Å²) in [5, 5.41) is 12.2. The van der Waals surface area contributed by atoms with Crippen molar-refractivity contribution in [2.24, 2.45) is 16.7 Å². The molecule has 0 spiro atoms. The smallest absolute Gasteiger partial charge is 0.311 e. The van der Waals surface area contributed by atoms with Crippen LogP contribution in [0.1, 0.15) is 48.0 Å². The second-order valence-electron chi connectivity index (χ2n) is 7.57. The number of amides is 2. The van der Waals surface area contributed by atoms with E-state index in [1.807, 2.05) is 13.8 Å². The second-order valence-corrected chi connectivity index (χ2v) is 7.57. The Morgan fingerprint density at radius 1 is 1.18 bits per heavy atom. The molecule has 2 amide bonds. The predicted molar refractivity (Wildman–Crippen MR) is 83.2 cm³/mol. The van der Waals surface area contributed by atoms with Crippen LogP contribution in [-0.4, -0.2) is 46.9 Å². The number of likely N-dealkylation sites (tertiary alicyclic amines) is 1. The molecular weight excluding hydrogens is 284 g/mol. The SMILES string of the molecule is CC(NC(=O)C(C)(C)C)C(=O)N1CCC(C(=O)O)(C(C)C)C1. The normalized spacial score (nSPS) is 23.5. The minimum absolute atomic E-state index is 0.0535. The number of hydrogen-bond acceptors (Lipinski definition) is 3. The van der Waals surface area contributed by atoms with Crippen LogP contribution >= 0.6 is 0 Å². The van der Waals surface area contributed by atoms with Crippen LogP contribution in [0.4, 0.5) is 0 Å². The molecule has 0 aromatic rings. The molecule has 1 heterocycles. The first-order chi connectivity index (χ1) is 9.91. The lowest BCUT2D eigenvalue weighted by Crippen LogP contribution is -2.50. The van der Waals surface area contributed by atoms with Gasteiger partial charge in [0.2, 0.25) is 11.8 Å². The molecule has 0 saturated carbocycles. The molecule has 1 rings (SSSR count). The summed E-state index contributed by atoms with van der Waals surface area (Å²) in [7, 11) is 0. The molecule has 0 radical (unpaired) electrons. The van der Waals surface area contributed by atoms with Gasteiger partial charge in [-0.3, -0.25) is 14.4 Å². The number of nitrogens with zero attached hydrogens (tertiary/aromatic N) is 1. The first-order valence-electron chi connectivity index (χ1n) is 7.75. The van der Waals surface area contributed by atoms with Crippen molar-refractivity contribution in [2.45, 2.75) is 54.0 Å². The number of nitrogens with one attached hydrogen (secondary N) is 1. The molecule has 2 N–H and O–H groups in total. The molecule has 0 bridgehead atoms. The Morgan fingerprint density at radius 2 is 1.73 bits per heavy atom. The number of hydrogen-bond donors (Lipinski definition) is 2. The molecule has 1 fully saturated rings. The number of aliphatic carboxylic acids is 1. The molecule has 0 aliphatic carbocycles. The number of carboxylic acids is 1. The Morgan fingerprint density at radius 3 is 2.09 bits per heavy atom.